The summed E-state index contributed by atoms with van der Waals surface area (Å²) in [5.41, 5.74) is 6.21. The maximum Gasteiger partial charge on any atom is 0.0710 e. The van der Waals surface area contributed by atoms with Crippen molar-refractivity contribution in [2.45, 2.75) is 60.4 Å². The van der Waals surface area contributed by atoms with Crippen LogP contribution in [0.5, 0.6) is 0 Å². The minimum absolute atomic E-state index is 0.647. The lowest BCUT2D eigenvalue weighted by Crippen LogP contribution is -2.42. The first-order valence-electron chi connectivity index (χ1n) is 9.42. The van der Waals surface area contributed by atoms with Crippen LogP contribution in [0.1, 0.15) is 54.4 Å². The van der Waals surface area contributed by atoms with Crippen LogP contribution in [0.2, 0.25) is 0 Å². The Morgan fingerprint density at radius 2 is 1.78 bits per heavy atom. The van der Waals surface area contributed by atoms with Gasteiger partial charge in [0.05, 0.1) is 6.67 Å². The van der Waals surface area contributed by atoms with Crippen molar-refractivity contribution in [3.63, 3.8) is 0 Å². The lowest BCUT2D eigenvalue weighted by atomic mass is 9.80. The molecule has 0 bridgehead atoms. The number of allylic oxidation sites excluding steroid dienone is 5. The summed E-state index contributed by atoms with van der Waals surface area (Å²) < 4.78 is 0. The Hall–Kier alpha value is -1.02. The highest BCUT2D eigenvalue weighted by molar-refractivity contribution is 5.33. The molecule has 2 nitrogen and oxygen atoms in total. The molecule has 128 valence electrons. The first kappa shape index (κ1) is 16.8. The fourth-order valence-electron chi connectivity index (χ4n) is 5.49. The highest BCUT2D eigenvalue weighted by atomic mass is 15.4. The molecule has 0 N–H and O–H groups in total. The summed E-state index contributed by atoms with van der Waals surface area (Å²) >= 11 is 0. The Bertz CT molecular complexity index is 554. The molecule has 0 saturated carbocycles. The molecule has 1 fully saturated rings. The monoisotopic (exact) mass is 314 g/mol. The molecule has 0 radical (unpaired) electrons. The van der Waals surface area contributed by atoms with Crippen LogP contribution < -0.4 is 0 Å². The SMILES string of the molecule is CC1=CC(C)=C(N2CCN([C@H]3C(C)=CC(C)CC3C)C2)C(C)C1. The minimum atomic E-state index is 0.647. The summed E-state index contributed by atoms with van der Waals surface area (Å²) in [6, 6.07) is 0.647. The van der Waals surface area contributed by atoms with E-state index in [2.05, 4.69) is 63.5 Å². The molecule has 4 atom stereocenters. The molecule has 3 unspecified atom stereocenters. The Kier molecular flexibility index (Phi) is 4.73. The second kappa shape index (κ2) is 6.47. The highest BCUT2D eigenvalue weighted by Crippen LogP contribution is 2.36. The van der Waals surface area contributed by atoms with Crippen molar-refractivity contribution in [2.75, 3.05) is 19.8 Å². The van der Waals surface area contributed by atoms with Gasteiger partial charge in [-0.2, -0.15) is 0 Å². The van der Waals surface area contributed by atoms with Crippen LogP contribution in [-0.2, 0) is 0 Å². The molecule has 3 aliphatic rings. The fraction of sp³-hybridized carbons (Fsp3) is 0.714. The summed E-state index contributed by atoms with van der Waals surface area (Å²) in [7, 11) is 0. The van der Waals surface area contributed by atoms with E-state index in [4.69, 9.17) is 0 Å². The molecule has 0 spiro atoms. The molecule has 2 aliphatic carbocycles. The van der Waals surface area contributed by atoms with Crippen molar-refractivity contribution in [1.29, 1.82) is 0 Å². The van der Waals surface area contributed by atoms with Crippen molar-refractivity contribution in [3.8, 4) is 0 Å². The maximum absolute atomic E-state index is 2.72. The van der Waals surface area contributed by atoms with Gasteiger partial charge in [0.1, 0.15) is 0 Å². The number of rotatable bonds is 2. The first-order valence-corrected chi connectivity index (χ1v) is 9.42. The second-order valence-electron chi connectivity index (χ2n) is 8.43. The van der Waals surface area contributed by atoms with Gasteiger partial charge in [0.2, 0.25) is 0 Å². The summed E-state index contributed by atoms with van der Waals surface area (Å²) in [5.74, 6) is 2.19. The zero-order chi connectivity index (χ0) is 16.7. The van der Waals surface area contributed by atoms with E-state index >= 15 is 0 Å². The van der Waals surface area contributed by atoms with Gasteiger partial charge in [-0.3, -0.25) is 4.90 Å². The molecule has 1 saturated heterocycles. The van der Waals surface area contributed by atoms with Crippen molar-refractivity contribution in [1.82, 2.24) is 9.80 Å². The smallest absolute Gasteiger partial charge is 0.0710 e. The number of hydrogen-bond acceptors (Lipinski definition) is 2. The summed E-state index contributed by atoms with van der Waals surface area (Å²) in [6.45, 7) is 17.6. The highest BCUT2D eigenvalue weighted by Gasteiger charge is 2.35. The van der Waals surface area contributed by atoms with Crippen molar-refractivity contribution < 1.29 is 0 Å². The summed E-state index contributed by atoms with van der Waals surface area (Å²) in [6.07, 6.45) is 7.46. The van der Waals surface area contributed by atoms with Gasteiger partial charge in [0, 0.05) is 30.7 Å². The van der Waals surface area contributed by atoms with Gasteiger partial charge in [-0.05, 0) is 51.0 Å². The molecule has 2 heteroatoms. The molecular formula is C21H34N2. The maximum atomic E-state index is 2.72. The van der Waals surface area contributed by atoms with Gasteiger partial charge in [0.15, 0.2) is 0 Å². The van der Waals surface area contributed by atoms with E-state index < -0.39 is 0 Å². The van der Waals surface area contributed by atoms with Crippen LogP contribution in [0.4, 0.5) is 0 Å². The topological polar surface area (TPSA) is 6.48 Å². The third kappa shape index (κ3) is 3.28. The van der Waals surface area contributed by atoms with E-state index in [0.717, 1.165) is 18.5 Å². The molecule has 0 amide bonds. The van der Waals surface area contributed by atoms with Crippen LogP contribution >= 0.6 is 0 Å². The molecule has 0 aromatic heterocycles. The number of nitrogens with zero attached hydrogens (tertiary/aromatic N) is 2. The molecule has 3 rings (SSSR count). The lowest BCUT2D eigenvalue weighted by molar-refractivity contribution is 0.161. The van der Waals surface area contributed by atoms with E-state index in [1.165, 1.54) is 37.1 Å². The minimum Gasteiger partial charge on any atom is -0.360 e. The van der Waals surface area contributed by atoms with Gasteiger partial charge in [-0.1, -0.05) is 44.1 Å². The quantitative estimate of drug-likeness (QED) is 0.675. The third-order valence-corrected chi connectivity index (χ3v) is 6.00. The fourth-order valence-corrected chi connectivity index (χ4v) is 5.49. The Balaban J connectivity index is 1.76. The van der Waals surface area contributed by atoms with E-state index in [9.17, 15) is 0 Å². The Labute approximate surface area is 142 Å². The standard InChI is InChI=1S/C21H34N2/c1-14-9-16(3)20(17(4)10-14)22-7-8-23(13-22)21-18(5)11-15(2)12-19(21)6/h9,11,14,17,19-20H,7-8,10,12-13H2,1-6H3/t14?,17?,19?,20-/m0/s1. The van der Waals surface area contributed by atoms with Gasteiger partial charge in [-0.15, -0.1) is 0 Å². The molecular weight excluding hydrogens is 280 g/mol. The van der Waals surface area contributed by atoms with Crippen molar-refractivity contribution in [3.05, 3.63) is 34.6 Å². The van der Waals surface area contributed by atoms with Gasteiger partial charge >= 0.3 is 0 Å². The number of hydrogen-bond donors (Lipinski definition) is 0. The van der Waals surface area contributed by atoms with Gasteiger partial charge in [0.25, 0.3) is 0 Å². The molecule has 1 heterocycles. The molecule has 0 aromatic rings. The van der Waals surface area contributed by atoms with Crippen LogP contribution in [0, 0.1) is 17.8 Å². The Morgan fingerprint density at radius 1 is 1.04 bits per heavy atom. The molecule has 1 aliphatic heterocycles. The van der Waals surface area contributed by atoms with Crippen LogP contribution in [-0.4, -0.2) is 35.6 Å². The van der Waals surface area contributed by atoms with E-state index in [1.54, 1.807) is 11.3 Å². The third-order valence-electron chi connectivity index (χ3n) is 6.00. The first-order chi connectivity index (χ1) is 10.9. The average molecular weight is 315 g/mol. The average Bonchev–Trinajstić information content (AvgIpc) is 2.85. The van der Waals surface area contributed by atoms with Crippen LogP contribution in [0.25, 0.3) is 0 Å². The second-order valence-corrected chi connectivity index (χ2v) is 8.43. The van der Waals surface area contributed by atoms with Crippen molar-refractivity contribution >= 4 is 0 Å². The van der Waals surface area contributed by atoms with E-state index in [-0.39, 0.29) is 0 Å². The largest absolute Gasteiger partial charge is 0.360 e. The van der Waals surface area contributed by atoms with Gasteiger partial charge < -0.3 is 4.90 Å². The van der Waals surface area contributed by atoms with Gasteiger partial charge in [-0.25, -0.2) is 0 Å². The Morgan fingerprint density at radius 3 is 2.43 bits per heavy atom. The summed E-state index contributed by atoms with van der Waals surface area (Å²) in [5, 5.41) is 0. The zero-order valence-electron chi connectivity index (χ0n) is 15.9. The van der Waals surface area contributed by atoms with Crippen LogP contribution in [0.3, 0.4) is 0 Å². The zero-order valence-corrected chi connectivity index (χ0v) is 15.9. The van der Waals surface area contributed by atoms with E-state index in [1.807, 2.05) is 0 Å². The van der Waals surface area contributed by atoms with Crippen molar-refractivity contribution in [2.24, 2.45) is 17.8 Å². The summed E-state index contributed by atoms with van der Waals surface area (Å²) in [4.78, 5) is 5.38. The van der Waals surface area contributed by atoms with Crippen LogP contribution in [0.15, 0.2) is 34.6 Å². The predicted molar refractivity (Wildman–Crippen MR) is 99.0 cm³/mol. The van der Waals surface area contributed by atoms with E-state index in [0.29, 0.717) is 12.0 Å². The normalized spacial score (nSPS) is 36.3. The lowest BCUT2D eigenvalue weighted by Gasteiger charge is -2.39. The molecule has 0 aromatic carbocycles. The predicted octanol–water partition coefficient (Wildman–Crippen LogP) is 4.81. The molecule has 23 heavy (non-hydrogen) atoms.